The first-order valence-corrected chi connectivity index (χ1v) is 9.88. The van der Waals surface area contributed by atoms with Crippen molar-refractivity contribution in [2.24, 2.45) is 0 Å². The Balaban J connectivity index is 1.83. The van der Waals surface area contributed by atoms with Crippen LogP contribution in [-0.2, 0) is 4.79 Å². The number of methoxy groups -OCH3 is 1. The van der Waals surface area contributed by atoms with E-state index in [-0.39, 0.29) is 5.91 Å². The number of carbonyl (C=O) groups excluding carboxylic acids is 1. The standard InChI is InChI=1S/C20H14ClN3O2S2/c1-26-14-4-7-16-11(9-14)8-12(10-17-18(25)24-20(27)23-17)19(22-16)28-15-5-2-13(21)3-6-15/h2-10H,1H3,(H2,23,24,25,27)/b17-10-. The average Bonchev–Trinajstić information content (AvgIpc) is 3.00. The number of rotatable bonds is 4. The molecule has 0 saturated carbocycles. The Morgan fingerprint density at radius 2 is 1.93 bits per heavy atom. The number of fused-ring (bicyclic) bond motifs is 1. The van der Waals surface area contributed by atoms with E-state index in [1.165, 1.54) is 11.8 Å². The predicted octanol–water partition coefficient (Wildman–Crippen LogP) is 4.39. The summed E-state index contributed by atoms with van der Waals surface area (Å²) in [6, 6.07) is 15.2. The topological polar surface area (TPSA) is 63.2 Å². The van der Waals surface area contributed by atoms with E-state index in [1.54, 1.807) is 13.2 Å². The number of hydrogen-bond donors (Lipinski definition) is 2. The molecule has 28 heavy (non-hydrogen) atoms. The second-order valence-corrected chi connectivity index (χ2v) is 7.87. The van der Waals surface area contributed by atoms with Gasteiger partial charge in [0.25, 0.3) is 5.91 Å². The van der Waals surface area contributed by atoms with Gasteiger partial charge in [0, 0.05) is 20.9 Å². The van der Waals surface area contributed by atoms with Crippen molar-refractivity contribution in [2.45, 2.75) is 9.92 Å². The second-order valence-electron chi connectivity index (χ2n) is 5.96. The van der Waals surface area contributed by atoms with Gasteiger partial charge < -0.3 is 10.1 Å². The molecule has 0 atom stereocenters. The van der Waals surface area contributed by atoms with Crippen LogP contribution in [0, 0.1) is 0 Å². The Kier molecular flexibility index (Phi) is 5.21. The summed E-state index contributed by atoms with van der Waals surface area (Å²) < 4.78 is 5.31. The SMILES string of the molecule is COc1ccc2nc(Sc3ccc(Cl)cc3)c(/C=C3\NC(=S)NC3=O)cc2c1. The number of carbonyl (C=O) groups is 1. The molecule has 0 radical (unpaired) electrons. The van der Waals surface area contributed by atoms with E-state index in [4.69, 9.17) is 33.5 Å². The molecule has 4 rings (SSSR count). The van der Waals surface area contributed by atoms with Crippen molar-refractivity contribution < 1.29 is 9.53 Å². The fourth-order valence-electron chi connectivity index (χ4n) is 2.72. The van der Waals surface area contributed by atoms with Gasteiger partial charge in [0.15, 0.2) is 5.11 Å². The average molecular weight is 428 g/mol. The van der Waals surface area contributed by atoms with Crippen molar-refractivity contribution in [2.75, 3.05) is 7.11 Å². The van der Waals surface area contributed by atoms with E-state index in [2.05, 4.69) is 10.6 Å². The number of nitrogens with one attached hydrogen (secondary N) is 2. The fraction of sp³-hybridized carbons (Fsp3) is 0.0500. The van der Waals surface area contributed by atoms with Crippen LogP contribution < -0.4 is 15.4 Å². The zero-order valence-electron chi connectivity index (χ0n) is 14.7. The van der Waals surface area contributed by atoms with Gasteiger partial charge in [0.2, 0.25) is 0 Å². The van der Waals surface area contributed by atoms with Gasteiger partial charge in [-0.25, -0.2) is 4.98 Å². The summed E-state index contributed by atoms with van der Waals surface area (Å²) in [7, 11) is 1.62. The third-order valence-electron chi connectivity index (χ3n) is 4.06. The summed E-state index contributed by atoms with van der Waals surface area (Å²) in [4.78, 5) is 17.9. The Bertz CT molecular complexity index is 1130. The molecule has 2 heterocycles. The number of hydrogen-bond acceptors (Lipinski definition) is 5. The second kappa shape index (κ2) is 7.79. The largest absolute Gasteiger partial charge is 0.497 e. The van der Waals surface area contributed by atoms with Gasteiger partial charge >= 0.3 is 0 Å². The third kappa shape index (κ3) is 3.96. The van der Waals surface area contributed by atoms with Gasteiger partial charge in [0.05, 0.1) is 12.6 Å². The third-order valence-corrected chi connectivity index (χ3v) is 5.55. The van der Waals surface area contributed by atoms with Crippen LogP contribution in [0.3, 0.4) is 0 Å². The lowest BCUT2D eigenvalue weighted by atomic mass is 10.1. The van der Waals surface area contributed by atoms with Crippen molar-refractivity contribution in [3.8, 4) is 5.75 Å². The molecule has 0 bridgehead atoms. The highest BCUT2D eigenvalue weighted by Crippen LogP contribution is 2.33. The first-order valence-electron chi connectivity index (χ1n) is 8.28. The summed E-state index contributed by atoms with van der Waals surface area (Å²) >= 11 is 12.5. The molecule has 8 heteroatoms. The Hall–Kier alpha value is -2.61. The quantitative estimate of drug-likeness (QED) is 0.475. The Labute approximate surface area is 176 Å². The van der Waals surface area contributed by atoms with E-state index in [9.17, 15) is 4.79 Å². The minimum atomic E-state index is -0.266. The van der Waals surface area contributed by atoms with Crippen molar-refractivity contribution in [3.05, 3.63) is 64.8 Å². The summed E-state index contributed by atoms with van der Waals surface area (Å²) in [5.41, 5.74) is 2.01. The van der Waals surface area contributed by atoms with E-state index in [1.807, 2.05) is 48.5 Å². The molecule has 1 amide bonds. The first kappa shape index (κ1) is 18.7. The van der Waals surface area contributed by atoms with Crippen LogP contribution in [-0.4, -0.2) is 23.1 Å². The molecule has 1 aromatic heterocycles. The van der Waals surface area contributed by atoms with Crippen LogP contribution in [0.25, 0.3) is 17.0 Å². The number of amides is 1. The monoisotopic (exact) mass is 427 g/mol. The highest BCUT2D eigenvalue weighted by atomic mass is 35.5. The van der Waals surface area contributed by atoms with E-state index in [0.717, 1.165) is 32.1 Å². The Morgan fingerprint density at radius 1 is 1.14 bits per heavy atom. The van der Waals surface area contributed by atoms with Gasteiger partial charge in [-0.3, -0.25) is 10.1 Å². The van der Waals surface area contributed by atoms with Gasteiger partial charge in [-0.2, -0.15) is 0 Å². The van der Waals surface area contributed by atoms with Crippen LogP contribution in [0.4, 0.5) is 0 Å². The van der Waals surface area contributed by atoms with Crippen molar-refractivity contribution >= 4 is 63.6 Å². The summed E-state index contributed by atoms with van der Waals surface area (Å²) in [5.74, 6) is 0.474. The molecule has 5 nitrogen and oxygen atoms in total. The van der Waals surface area contributed by atoms with Crippen LogP contribution in [0.1, 0.15) is 5.56 Å². The number of pyridine rings is 1. The van der Waals surface area contributed by atoms with Crippen molar-refractivity contribution in [1.29, 1.82) is 0 Å². The molecule has 0 unspecified atom stereocenters. The van der Waals surface area contributed by atoms with Gasteiger partial charge in [0.1, 0.15) is 16.5 Å². The van der Waals surface area contributed by atoms with E-state index in [0.29, 0.717) is 15.8 Å². The Morgan fingerprint density at radius 3 is 2.61 bits per heavy atom. The molecule has 1 fully saturated rings. The number of ether oxygens (including phenoxy) is 1. The maximum atomic E-state index is 12.1. The maximum Gasteiger partial charge on any atom is 0.273 e. The smallest absolute Gasteiger partial charge is 0.273 e. The lowest BCUT2D eigenvalue weighted by Gasteiger charge is -2.10. The van der Waals surface area contributed by atoms with Gasteiger partial charge in [-0.15, -0.1) is 0 Å². The molecule has 140 valence electrons. The molecule has 1 aliphatic heterocycles. The van der Waals surface area contributed by atoms with Crippen LogP contribution >= 0.6 is 35.6 Å². The van der Waals surface area contributed by atoms with Crippen LogP contribution in [0.5, 0.6) is 5.75 Å². The molecule has 0 spiro atoms. The maximum absolute atomic E-state index is 12.1. The zero-order valence-corrected chi connectivity index (χ0v) is 17.0. The van der Waals surface area contributed by atoms with Gasteiger partial charge in [-0.05, 0) is 66.8 Å². The molecular weight excluding hydrogens is 414 g/mol. The molecule has 3 aromatic rings. The number of benzene rings is 2. The number of halogens is 1. The van der Waals surface area contributed by atoms with E-state index < -0.39 is 0 Å². The highest BCUT2D eigenvalue weighted by Gasteiger charge is 2.21. The number of nitrogens with zero attached hydrogens (tertiary/aromatic N) is 1. The van der Waals surface area contributed by atoms with Crippen LogP contribution in [0.15, 0.2) is 64.1 Å². The zero-order chi connectivity index (χ0) is 19.7. The molecule has 2 N–H and O–H groups in total. The number of thiocarbonyl (C=S) groups is 1. The molecule has 1 saturated heterocycles. The lowest BCUT2D eigenvalue weighted by Crippen LogP contribution is -2.21. The number of aromatic nitrogens is 1. The minimum Gasteiger partial charge on any atom is -0.497 e. The minimum absolute atomic E-state index is 0.266. The summed E-state index contributed by atoms with van der Waals surface area (Å²) in [6.07, 6.45) is 1.75. The lowest BCUT2D eigenvalue weighted by molar-refractivity contribution is -0.115. The normalized spacial score (nSPS) is 15.0. The highest BCUT2D eigenvalue weighted by molar-refractivity contribution is 7.99. The van der Waals surface area contributed by atoms with Crippen LogP contribution in [0.2, 0.25) is 5.02 Å². The molecular formula is C20H14ClN3O2S2. The van der Waals surface area contributed by atoms with E-state index >= 15 is 0 Å². The fourth-order valence-corrected chi connectivity index (χ4v) is 3.92. The van der Waals surface area contributed by atoms with Gasteiger partial charge in [-0.1, -0.05) is 23.4 Å². The summed E-state index contributed by atoms with van der Waals surface area (Å²) in [6.45, 7) is 0. The predicted molar refractivity (Wildman–Crippen MR) is 116 cm³/mol. The first-order chi connectivity index (χ1) is 13.5. The van der Waals surface area contributed by atoms with Crippen molar-refractivity contribution in [1.82, 2.24) is 15.6 Å². The molecule has 0 aliphatic carbocycles. The summed E-state index contributed by atoms with van der Waals surface area (Å²) in [5, 5.41) is 8.08. The molecule has 2 aromatic carbocycles. The van der Waals surface area contributed by atoms with Crippen molar-refractivity contribution in [3.63, 3.8) is 0 Å². The molecule has 1 aliphatic rings.